The molecule has 0 bridgehead atoms. The Balaban J connectivity index is 1.41. The van der Waals surface area contributed by atoms with Gasteiger partial charge in [-0.1, -0.05) is 107 Å². The second-order valence-electron chi connectivity index (χ2n) is 12.5. The van der Waals surface area contributed by atoms with Crippen LogP contribution >= 0.6 is 0 Å². The Kier molecular flexibility index (Phi) is 21.2. The van der Waals surface area contributed by atoms with E-state index in [1.807, 2.05) is 30.5 Å². The van der Waals surface area contributed by atoms with Crippen molar-refractivity contribution in [3.8, 4) is 0 Å². The zero-order valence-electron chi connectivity index (χ0n) is 27.6. The van der Waals surface area contributed by atoms with E-state index < -0.39 is 5.97 Å². The van der Waals surface area contributed by atoms with E-state index in [0.717, 1.165) is 81.8 Å². The van der Waals surface area contributed by atoms with E-state index in [4.69, 9.17) is 5.11 Å². The number of hydrogen-bond donors (Lipinski definition) is 1. The summed E-state index contributed by atoms with van der Waals surface area (Å²) >= 11 is 0. The van der Waals surface area contributed by atoms with Crippen molar-refractivity contribution in [1.82, 2.24) is 15.0 Å². The van der Waals surface area contributed by atoms with Crippen LogP contribution in [0, 0.1) is 0 Å². The van der Waals surface area contributed by atoms with Crippen molar-refractivity contribution in [2.24, 2.45) is 0 Å². The Hall–Kier alpha value is -3.16. The summed E-state index contributed by atoms with van der Waals surface area (Å²) in [5.41, 5.74) is 2.59. The lowest BCUT2D eigenvalue weighted by Crippen LogP contribution is -2.04. The van der Waals surface area contributed by atoms with Crippen LogP contribution in [0.15, 0.2) is 30.5 Å². The van der Waals surface area contributed by atoms with Crippen LogP contribution in [-0.4, -0.2) is 43.9 Å². The smallest absolute Gasteiger partial charge is 0.303 e. The second-order valence-corrected chi connectivity index (χ2v) is 12.5. The lowest BCUT2D eigenvalue weighted by molar-refractivity contribution is -0.137. The minimum Gasteiger partial charge on any atom is -0.481 e. The predicted molar refractivity (Wildman–Crippen MR) is 178 cm³/mol. The molecule has 1 aromatic carbocycles. The van der Waals surface area contributed by atoms with Gasteiger partial charge >= 0.3 is 5.97 Å². The summed E-state index contributed by atoms with van der Waals surface area (Å²) in [7, 11) is 0. The normalized spacial score (nSPS) is 11.1. The molecule has 45 heavy (non-hydrogen) atoms. The van der Waals surface area contributed by atoms with Crippen LogP contribution in [0.4, 0.5) is 0 Å². The number of carboxylic acid groups (broad SMARTS) is 1. The standard InChI is InChI=1S/C37H57N3O5/c41-28-19-18-23-34-31-40(39-38-34)30-32-21-20-22-33(29-32)36(43)26-16-13-15-25-35(42)24-14-11-9-7-5-3-1-2-4-6-8-10-12-17-27-37(44)45/h20-22,28-29,31H,1-19,23-27,30H2,(H,44,45). The zero-order chi connectivity index (χ0) is 32.4. The van der Waals surface area contributed by atoms with Crippen LogP contribution in [0.2, 0.25) is 0 Å². The third-order valence-corrected chi connectivity index (χ3v) is 8.39. The van der Waals surface area contributed by atoms with E-state index in [1.165, 1.54) is 57.8 Å². The highest BCUT2D eigenvalue weighted by atomic mass is 16.4. The molecule has 0 spiro atoms. The van der Waals surface area contributed by atoms with Gasteiger partial charge in [0.2, 0.25) is 0 Å². The molecule has 0 radical (unpaired) electrons. The predicted octanol–water partition coefficient (Wildman–Crippen LogP) is 8.88. The van der Waals surface area contributed by atoms with Crippen molar-refractivity contribution in [3.63, 3.8) is 0 Å². The minimum absolute atomic E-state index is 0.137. The Morgan fingerprint density at radius 3 is 1.80 bits per heavy atom. The lowest BCUT2D eigenvalue weighted by atomic mass is 10.0. The maximum Gasteiger partial charge on any atom is 0.303 e. The fourth-order valence-corrected chi connectivity index (χ4v) is 5.70. The Labute approximate surface area is 270 Å². The molecule has 0 fully saturated rings. The van der Waals surface area contributed by atoms with Gasteiger partial charge in [0.1, 0.15) is 12.1 Å². The summed E-state index contributed by atoms with van der Waals surface area (Å²) in [4.78, 5) is 46.0. The highest BCUT2D eigenvalue weighted by Gasteiger charge is 2.09. The first kappa shape index (κ1) is 38.0. The molecule has 0 atom stereocenters. The molecule has 250 valence electrons. The van der Waals surface area contributed by atoms with Gasteiger partial charge in [-0.25, -0.2) is 4.68 Å². The Morgan fingerprint density at radius 1 is 0.689 bits per heavy atom. The van der Waals surface area contributed by atoms with Gasteiger partial charge in [0.25, 0.3) is 0 Å². The van der Waals surface area contributed by atoms with Crippen molar-refractivity contribution in [2.75, 3.05) is 0 Å². The second kappa shape index (κ2) is 25.1. The summed E-state index contributed by atoms with van der Waals surface area (Å²) in [6, 6.07) is 7.68. The largest absolute Gasteiger partial charge is 0.481 e. The number of unbranched alkanes of at least 4 members (excludes halogenated alkanes) is 16. The van der Waals surface area contributed by atoms with Crippen LogP contribution in [-0.2, 0) is 27.3 Å². The van der Waals surface area contributed by atoms with Crippen LogP contribution in [0.25, 0.3) is 0 Å². The fraction of sp³-hybridized carbons (Fsp3) is 0.676. The van der Waals surface area contributed by atoms with Gasteiger partial charge in [-0.05, 0) is 50.2 Å². The molecule has 2 aromatic rings. The Bertz CT molecular complexity index is 1110. The van der Waals surface area contributed by atoms with Crippen molar-refractivity contribution in [1.29, 1.82) is 0 Å². The number of carbonyl (C=O) groups is 4. The molecule has 8 heteroatoms. The van der Waals surface area contributed by atoms with Crippen molar-refractivity contribution in [3.05, 3.63) is 47.3 Å². The van der Waals surface area contributed by atoms with Gasteiger partial charge in [0, 0.05) is 43.9 Å². The van der Waals surface area contributed by atoms with Crippen LogP contribution in [0.1, 0.15) is 169 Å². The summed E-state index contributed by atoms with van der Waals surface area (Å²) in [5.74, 6) is -0.188. The first-order chi connectivity index (χ1) is 22.0. The molecule has 0 saturated heterocycles. The molecule has 0 aliphatic carbocycles. The number of aldehydes is 1. The molecule has 2 rings (SSSR count). The van der Waals surface area contributed by atoms with Gasteiger partial charge < -0.3 is 9.90 Å². The van der Waals surface area contributed by atoms with E-state index >= 15 is 0 Å². The molecule has 8 nitrogen and oxygen atoms in total. The molecule has 1 aromatic heterocycles. The van der Waals surface area contributed by atoms with E-state index in [-0.39, 0.29) is 5.78 Å². The number of Topliss-reactive ketones (excluding diaryl/α,β-unsaturated/α-hetero) is 2. The van der Waals surface area contributed by atoms with Crippen molar-refractivity contribution in [2.45, 2.75) is 161 Å². The van der Waals surface area contributed by atoms with E-state index in [0.29, 0.717) is 50.0 Å². The van der Waals surface area contributed by atoms with Gasteiger partial charge in [0.05, 0.1) is 12.2 Å². The number of benzene rings is 1. The highest BCUT2D eigenvalue weighted by molar-refractivity contribution is 5.96. The van der Waals surface area contributed by atoms with E-state index in [9.17, 15) is 19.2 Å². The molecular weight excluding hydrogens is 566 g/mol. The third-order valence-electron chi connectivity index (χ3n) is 8.39. The maximum atomic E-state index is 12.7. The summed E-state index contributed by atoms with van der Waals surface area (Å²) < 4.78 is 1.76. The number of ketones is 2. The third kappa shape index (κ3) is 19.8. The summed E-state index contributed by atoms with van der Waals surface area (Å²) in [5, 5.41) is 17.0. The van der Waals surface area contributed by atoms with E-state index in [1.54, 1.807) is 4.68 Å². The molecule has 0 aliphatic heterocycles. The molecule has 0 aliphatic rings. The molecule has 1 N–H and O–H groups in total. The van der Waals surface area contributed by atoms with Crippen molar-refractivity contribution >= 4 is 23.8 Å². The molecular formula is C37H57N3O5. The van der Waals surface area contributed by atoms with E-state index in [2.05, 4.69) is 10.3 Å². The number of aliphatic carboxylic acids is 1. The monoisotopic (exact) mass is 623 g/mol. The van der Waals surface area contributed by atoms with Crippen molar-refractivity contribution < 1.29 is 24.3 Å². The number of carbonyl (C=O) groups excluding carboxylic acids is 3. The first-order valence-electron chi connectivity index (χ1n) is 17.7. The van der Waals surface area contributed by atoms with Crippen LogP contribution < -0.4 is 0 Å². The number of hydrogen-bond acceptors (Lipinski definition) is 6. The van der Waals surface area contributed by atoms with Gasteiger partial charge in [-0.3, -0.25) is 14.4 Å². The molecule has 0 amide bonds. The number of nitrogens with zero attached hydrogens (tertiary/aromatic N) is 3. The van der Waals surface area contributed by atoms with Crippen LogP contribution in [0.3, 0.4) is 0 Å². The number of carboxylic acids is 1. The summed E-state index contributed by atoms with van der Waals surface area (Å²) in [6.45, 7) is 0.547. The van der Waals surface area contributed by atoms with Gasteiger partial charge in [0.15, 0.2) is 5.78 Å². The average molecular weight is 624 g/mol. The quantitative estimate of drug-likeness (QED) is 0.0524. The van der Waals surface area contributed by atoms with Crippen LogP contribution in [0.5, 0.6) is 0 Å². The maximum absolute atomic E-state index is 12.7. The minimum atomic E-state index is -0.683. The van der Waals surface area contributed by atoms with Gasteiger partial charge in [-0.2, -0.15) is 0 Å². The molecule has 1 heterocycles. The number of aromatic nitrogens is 3. The molecule has 0 unspecified atom stereocenters. The Morgan fingerprint density at radius 2 is 1.22 bits per heavy atom. The average Bonchev–Trinajstić information content (AvgIpc) is 3.47. The first-order valence-corrected chi connectivity index (χ1v) is 17.7. The lowest BCUT2D eigenvalue weighted by Gasteiger charge is -2.06. The zero-order valence-corrected chi connectivity index (χ0v) is 27.6. The number of rotatable bonds is 30. The van der Waals surface area contributed by atoms with Gasteiger partial charge in [-0.15, -0.1) is 5.10 Å². The topological polar surface area (TPSA) is 119 Å². The molecule has 0 saturated carbocycles. The highest BCUT2D eigenvalue weighted by Crippen LogP contribution is 2.16. The SMILES string of the molecule is O=CCCCc1cn(Cc2cccc(C(=O)CCCCCC(=O)CCCCCCCCCCCCCCCCC(=O)O)c2)nn1. The fourth-order valence-electron chi connectivity index (χ4n) is 5.70. The summed E-state index contributed by atoms with van der Waals surface area (Å²) in [6.07, 6.45) is 26.2. The number of aryl methyl sites for hydroxylation is 1.